The SMILES string of the molecule is Cc1ccccc1.Cc1ccccc1OC(F)(F)F. The molecule has 0 radical (unpaired) electrons. The van der Waals surface area contributed by atoms with Crippen LogP contribution in [0.3, 0.4) is 0 Å². The fraction of sp³-hybridized carbons (Fsp3) is 0.200. The number of halogens is 3. The van der Waals surface area contributed by atoms with Crippen LogP contribution >= 0.6 is 0 Å². The van der Waals surface area contributed by atoms with Gasteiger partial charge in [-0.2, -0.15) is 0 Å². The topological polar surface area (TPSA) is 9.23 Å². The zero-order valence-corrected chi connectivity index (χ0v) is 10.7. The molecule has 0 saturated heterocycles. The summed E-state index contributed by atoms with van der Waals surface area (Å²) in [7, 11) is 0. The lowest BCUT2D eigenvalue weighted by Gasteiger charge is -2.10. The van der Waals surface area contributed by atoms with E-state index in [0.29, 0.717) is 5.56 Å². The second-order valence-corrected chi connectivity index (χ2v) is 3.97. The van der Waals surface area contributed by atoms with E-state index in [-0.39, 0.29) is 5.75 Å². The van der Waals surface area contributed by atoms with Crippen LogP contribution in [0.15, 0.2) is 54.6 Å². The number of hydrogen-bond donors (Lipinski definition) is 0. The molecule has 2 aromatic carbocycles. The zero-order valence-electron chi connectivity index (χ0n) is 10.7. The molecule has 0 aromatic heterocycles. The Morgan fingerprint density at radius 3 is 1.74 bits per heavy atom. The number of rotatable bonds is 1. The van der Waals surface area contributed by atoms with Crippen LogP contribution in [0.1, 0.15) is 11.1 Å². The maximum absolute atomic E-state index is 11.7. The van der Waals surface area contributed by atoms with Gasteiger partial charge in [0, 0.05) is 0 Å². The van der Waals surface area contributed by atoms with Crippen molar-refractivity contribution in [3.63, 3.8) is 0 Å². The van der Waals surface area contributed by atoms with Gasteiger partial charge in [0.05, 0.1) is 0 Å². The third-order valence-electron chi connectivity index (χ3n) is 2.26. The summed E-state index contributed by atoms with van der Waals surface area (Å²) in [4.78, 5) is 0. The van der Waals surface area contributed by atoms with E-state index < -0.39 is 6.36 Å². The van der Waals surface area contributed by atoms with Gasteiger partial charge in [-0.3, -0.25) is 0 Å². The summed E-state index contributed by atoms with van der Waals surface area (Å²) in [6.45, 7) is 3.64. The second-order valence-electron chi connectivity index (χ2n) is 3.97. The van der Waals surface area contributed by atoms with Gasteiger partial charge in [-0.1, -0.05) is 54.1 Å². The van der Waals surface area contributed by atoms with Gasteiger partial charge in [-0.25, -0.2) is 0 Å². The average molecular weight is 268 g/mol. The molecule has 0 aliphatic carbocycles. The van der Waals surface area contributed by atoms with E-state index >= 15 is 0 Å². The van der Waals surface area contributed by atoms with Gasteiger partial charge < -0.3 is 4.74 Å². The van der Waals surface area contributed by atoms with Gasteiger partial charge in [0.25, 0.3) is 0 Å². The smallest absolute Gasteiger partial charge is 0.406 e. The Morgan fingerprint density at radius 1 is 0.789 bits per heavy atom. The first-order chi connectivity index (χ1) is 8.88. The summed E-state index contributed by atoms with van der Waals surface area (Å²) in [6.07, 6.45) is -4.61. The molecule has 2 rings (SSSR count). The summed E-state index contributed by atoms with van der Waals surface area (Å²) in [5.74, 6) is -0.148. The lowest BCUT2D eigenvalue weighted by atomic mass is 10.2. The molecule has 0 spiro atoms. The second kappa shape index (κ2) is 6.83. The maximum Gasteiger partial charge on any atom is 0.573 e. The number of hydrogen-bond acceptors (Lipinski definition) is 1. The Kier molecular flexibility index (Phi) is 5.42. The van der Waals surface area contributed by atoms with E-state index in [4.69, 9.17) is 0 Å². The molecule has 2 aromatic rings. The summed E-state index contributed by atoms with van der Waals surface area (Å²) < 4.78 is 38.8. The molecule has 0 saturated carbocycles. The normalized spacial score (nSPS) is 10.4. The molecule has 0 bridgehead atoms. The van der Waals surface area contributed by atoms with Crippen LogP contribution in [-0.4, -0.2) is 6.36 Å². The first-order valence-corrected chi connectivity index (χ1v) is 5.71. The van der Waals surface area contributed by atoms with E-state index in [1.807, 2.05) is 18.2 Å². The summed E-state index contributed by atoms with van der Waals surface area (Å²) in [5.41, 5.74) is 1.79. The number of ether oxygens (including phenoxy) is 1. The van der Waals surface area contributed by atoms with Gasteiger partial charge in [0.2, 0.25) is 0 Å². The minimum atomic E-state index is -4.61. The van der Waals surface area contributed by atoms with Crippen LogP contribution < -0.4 is 4.74 Å². The Labute approximate surface area is 110 Å². The predicted molar refractivity (Wildman–Crippen MR) is 69.0 cm³/mol. The van der Waals surface area contributed by atoms with Gasteiger partial charge in [-0.05, 0) is 25.5 Å². The van der Waals surface area contributed by atoms with Crippen molar-refractivity contribution in [3.8, 4) is 5.75 Å². The van der Waals surface area contributed by atoms with Crippen LogP contribution in [0, 0.1) is 13.8 Å². The molecule has 0 atom stereocenters. The number of benzene rings is 2. The van der Waals surface area contributed by atoms with Crippen molar-refractivity contribution in [1.29, 1.82) is 0 Å². The van der Waals surface area contributed by atoms with Gasteiger partial charge in [0.1, 0.15) is 5.75 Å². The van der Waals surface area contributed by atoms with Crippen molar-refractivity contribution in [2.45, 2.75) is 20.2 Å². The molecule has 0 amide bonds. The third kappa shape index (κ3) is 6.50. The average Bonchev–Trinajstić information content (AvgIpc) is 2.32. The number of alkyl halides is 3. The van der Waals surface area contributed by atoms with Crippen molar-refractivity contribution >= 4 is 0 Å². The zero-order chi connectivity index (χ0) is 14.3. The first-order valence-electron chi connectivity index (χ1n) is 5.71. The Balaban J connectivity index is 0.000000218. The summed E-state index contributed by atoms with van der Waals surface area (Å²) in [6, 6.07) is 16.2. The minimum Gasteiger partial charge on any atom is -0.406 e. The standard InChI is InChI=1S/C8H7F3O.C7H8/c1-6-4-2-3-5-7(6)12-8(9,10)11;1-7-5-3-2-4-6-7/h2-5H,1H3;2-6H,1H3. The highest BCUT2D eigenvalue weighted by atomic mass is 19.4. The van der Waals surface area contributed by atoms with Crippen molar-refractivity contribution in [1.82, 2.24) is 0 Å². The maximum atomic E-state index is 11.7. The largest absolute Gasteiger partial charge is 0.573 e. The quantitative estimate of drug-likeness (QED) is 0.715. The highest BCUT2D eigenvalue weighted by Gasteiger charge is 2.31. The fourth-order valence-electron chi connectivity index (χ4n) is 1.33. The first kappa shape index (κ1) is 15.1. The minimum absolute atomic E-state index is 0.148. The lowest BCUT2D eigenvalue weighted by molar-refractivity contribution is -0.274. The Hall–Kier alpha value is -1.97. The van der Waals surface area contributed by atoms with Crippen LogP contribution in [0.2, 0.25) is 0 Å². The molecular formula is C15H15F3O. The molecule has 0 fully saturated rings. The summed E-state index contributed by atoms with van der Waals surface area (Å²) in [5, 5.41) is 0. The molecule has 19 heavy (non-hydrogen) atoms. The van der Waals surface area contributed by atoms with Gasteiger partial charge in [0.15, 0.2) is 0 Å². The number of aryl methyl sites for hydroxylation is 2. The number of para-hydroxylation sites is 1. The lowest BCUT2D eigenvalue weighted by Crippen LogP contribution is -2.17. The van der Waals surface area contributed by atoms with Crippen LogP contribution in [0.4, 0.5) is 13.2 Å². The molecular weight excluding hydrogens is 253 g/mol. The highest BCUT2D eigenvalue weighted by Crippen LogP contribution is 2.25. The fourth-order valence-corrected chi connectivity index (χ4v) is 1.33. The Bertz CT molecular complexity index is 492. The summed E-state index contributed by atoms with van der Waals surface area (Å²) >= 11 is 0. The van der Waals surface area contributed by atoms with E-state index in [0.717, 1.165) is 0 Å². The molecule has 0 aliphatic rings. The third-order valence-corrected chi connectivity index (χ3v) is 2.26. The molecule has 0 aliphatic heterocycles. The molecule has 102 valence electrons. The van der Waals surface area contributed by atoms with Crippen LogP contribution in [-0.2, 0) is 0 Å². The van der Waals surface area contributed by atoms with E-state index in [1.54, 1.807) is 19.1 Å². The predicted octanol–water partition coefficient (Wildman–Crippen LogP) is 4.89. The molecule has 1 nitrogen and oxygen atoms in total. The van der Waals surface area contributed by atoms with Crippen molar-refractivity contribution < 1.29 is 17.9 Å². The van der Waals surface area contributed by atoms with Gasteiger partial charge >= 0.3 is 6.36 Å². The van der Waals surface area contributed by atoms with Crippen LogP contribution in [0.5, 0.6) is 5.75 Å². The van der Waals surface area contributed by atoms with Gasteiger partial charge in [-0.15, -0.1) is 13.2 Å². The van der Waals surface area contributed by atoms with E-state index in [2.05, 4.69) is 23.8 Å². The van der Waals surface area contributed by atoms with Crippen molar-refractivity contribution in [3.05, 3.63) is 65.7 Å². The molecule has 0 heterocycles. The monoisotopic (exact) mass is 268 g/mol. The van der Waals surface area contributed by atoms with Crippen LogP contribution in [0.25, 0.3) is 0 Å². The van der Waals surface area contributed by atoms with Crippen molar-refractivity contribution in [2.24, 2.45) is 0 Å². The molecule has 0 unspecified atom stereocenters. The molecule has 0 N–H and O–H groups in total. The van der Waals surface area contributed by atoms with E-state index in [1.165, 1.54) is 17.7 Å². The Morgan fingerprint density at radius 2 is 1.32 bits per heavy atom. The van der Waals surface area contributed by atoms with E-state index in [9.17, 15) is 13.2 Å². The van der Waals surface area contributed by atoms with Crippen molar-refractivity contribution in [2.75, 3.05) is 0 Å². The molecule has 4 heteroatoms. The highest BCUT2D eigenvalue weighted by molar-refractivity contribution is 5.31.